The maximum absolute atomic E-state index is 10.9. The van der Waals surface area contributed by atoms with E-state index in [-0.39, 0.29) is 21.9 Å². The minimum Gasteiger partial charge on any atom is -0.258 e. The molecule has 0 saturated heterocycles. The second kappa shape index (κ2) is 6.22. The summed E-state index contributed by atoms with van der Waals surface area (Å²) in [4.78, 5) is 10.5. The van der Waals surface area contributed by atoms with Crippen molar-refractivity contribution in [3.8, 4) is 0 Å². The molecule has 5 heteroatoms. The average Bonchev–Trinajstić information content (AvgIpc) is 2.25. The number of rotatable bonds is 5. The molecule has 0 fully saturated rings. The Morgan fingerprint density at radius 3 is 2.59 bits per heavy atom. The number of nitrogens with zero attached hydrogens (tertiary/aromatic N) is 1. The highest BCUT2D eigenvalue weighted by Crippen LogP contribution is 2.28. The first kappa shape index (κ1) is 14.3. The summed E-state index contributed by atoms with van der Waals surface area (Å²) in [5.41, 5.74) is 0.770. The molecule has 0 aliphatic rings. The van der Waals surface area contributed by atoms with E-state index in [2.05, 4.69) is 0 Å². The zero-order valence-electron chi connectivity index (χ0n) is 9.82. The number of nitro benzene ring substituents is 1. The smallest absolute Gasteiger partial charge is 0.258 e. The van der Waals surface area contributed by atoms with Crippen molar-refractivity contribution in [2.75, 3.05) is 0 Å². The van der Waals surface area contributed by atoms with Crippen molar-refractivity contribution >= 4 is 28.9 Å². The lowest BCUT2D eigenvalue weighted by molar-refractivity contribution is -0.385. The molecule has 0 aliphatic carbocycles. The van der Waals surface area contributed by atoms with Gasteiger partial charge in [0.2, 0.25) is 0 Å². The van der Waals surface area contributed by atoms with Gasteiger partial charge < -0.3 is 0 Å². The average molecular weight is 276 g/mol. The van der Waals surface area contributed by atoms with Crippen LogP contribution in [0.3, 0.4) is 0 Å². The van der Waals surface area contributed by atoms with Gasteiger partial charge in [-0.3, -0.25) is 10.1 Å². The molecule has 0 aliphatic heterocycles. The second-order valence-corrected chi connectivity index (χ2v) is 5.20. The van der Waals surface area contributed by atoms with Gasteiger partial charge in [0.1, 0.15) is 0 Å². The quantitative estimate of drug-likeness (QED) is 0.453. The van der Waals surface area contributed by atoms with Crippen molar-refractivity contribution in [3.05, 3.63) is 38.9 Å². The largest absolute Gasteiger partial charge is 0.272 e. The highest BCUT2D eigenvalue weighted by Gasteiger charge is 2.20. The zero-order valence-corrected chi connectivity index (χ0v) is 11.3. The van der Waals surface area contributed by atoms with E-state index in [0.717, 1.165) is 6.42 Å². The fourth-order valence-electron chi connectivity index (χ4n) is 1.81. The number of alkyl halides is 1. The van der Waals surface area contributed by atoms with E-state index in [0.29, 0.717) is 17.0 Å². The van der Waals surface area contributed by atoms with Gasteiger partial charge >= 0.3 is 0 Å². The molecule has 3 nitrogen and oxygen atoms in total. The van der Waals surface area contributed by atoms with E-state index >= 15 is 0 Å². The summed E-state index contributed by atoms with van der Waals surface area (Å²) in [5, 5.41) is 11.4. The van der Waals surface area contributed by atoms with E-state index in [1.165, 1.54) is 12.1 Å². The van der Waals surface area contributed by atoms with Gasteiger partial charge in [0.25, 0.3) is 5.69 Å². The van der Waals surface area contributed by atoms with Crippen LogP contribution in [-0.4, -0.2) is 10.3 Å². The van der Waals surface area contributed by atoms with Gasteiger partial charge in [-0.05, 0) is 31.4 Å². The highest BCUT2D eigenvalue weighted by atomic mass is 35.5. The van der Waals surface area contributed by atoms with Crippen LogP contribution < -0.4 is 0 Å². The molecule has 0 aromatic heterocycles. The van der Waals surface area contributed by atoms with Crippen LogP contribution in [0, 0.1) is 16.0 Å². The predicted octanol–water partition coefficient (Wildman–Crippen LogP) is 4.44. The van der Waals surface area contributed by atoms with Crippen LogP contribution in [0.1, 0.15) is 25.8 Å². The van der Waals surface area contributed by atoms with E-state index < -0.39 is 0 Å². The standard InChI is InChI=1S/C12H15Cl2NO2/c1-3-9(8(2)13)6-10-7-11(14)4-5-12(10)15(16)17/h4-5,7-9H,3,6H2,1-2H3. The SMILES string of the molecule is CCC(Cc1cc(Cl)ccc1[N+](=O)[O-])C(C)Cl. The van der Waals surface area contributed by atoms with Gasteiger partial charge in [-0.15, -0.1) is 11.6 Å². The van der Waals surface area contributed by atoms with Gasteiger partial charge in [-0.25, -0.2) is 0 Å². The Morgan fingerprint density at radius 2 is 2.12 bits per heavy atom. The summed E-state index contributed by atoms with van der Waals surface area (Å²) in [7, 11) is 0. The van der Waals surface area contributed by atoms with Gasteiger partial charge in [0, 0.05) is 22.0 Å². The van der Waals surface area contributed by atoms with Crippen molar-refractivity contribution in [1.29, 1.82) is 0 Å². The molecule has 17 heavy (non-hydrogen) atoms. The molecular weight excluding hydrogens is 261 g/mol. The number of hydrogen-bond donors (Lipinski definition) is 0. The minimum atomic E-state index is -0.378. The van der Waals surface area contributed by atoms with Crippen LogP contribution in [0.15, 0.2) is 18.2 Å². The van der Waals surface area contributed by atoms with Gasteiger partial charge in [-0.1, -0.05) is 24.9 Å². The monoisotopic (exact) mass is 275 g/mol. The molecule has 0 amide bonds. The molecule has 0 N–H and O–H groups in total. The van der Waals surface area contributed by atoms with Crippen LogP contribution in [0.2, 0.25) is 5.02 Å². The summed E-state index contributed by atoms with van der Waals surface area (Å²) >= 11 is 11.9. The molecule has 94 valence electrons. The van der Waals surface area contributed by atoms with E-state index in [9.17, 15) is 10.1 Å². The first-order chi connectivity index (χ1) is 7.95. The third kappa shape index (κ3) is 3.86. The van der Waals surface area contributed by atoms with Crippen LogP contribution in [0.4, 0.5) is 5.69 Å². The van der Waals surface area contributed by atoms with Crippen LogP contribution >= 0.6 is 23.2 Å². The van der Waals surface area contributed by atoms with E-state index in [1.807, 2.05) is 13.8 Å². The van der Waals surface area contributed by atoms with Gasteiger partial charge in [0.15, 0.2) is 0 Å². The zero-order chi connectivity index (χ0) is 13.0. The molecule has 1 rings (SSSR count). The number of hydrogen-bond acceptors (Lipinski definition) is 2. The molecule has 1 aromatic carbocycles. The van der Waals surface area contributed by atoms with Crippen LogP contribution in [0.5, 0.6) is 0 Å². The lowest BCUT2D eigenvalue weighted by atomic mass is 9.93. The molecular formula is C12H15Cl2NO2. The highest BCUT2D eigenvalue weighted by molar-refractivity contribution is 6.30. The maximum atomic E-state index is 10.9. The summed E-state index contributed by atoms with van der Waals surface area (Å²) in [6.07, 6.45) is 1.46. The van der Waals surface area contributed by atoms with Crippen LogP contribution in [0.25, 0.3) is 0 Å². The van der Waals surface area contributed by atoms with Gasteiger partial charge in [-0.2, -0.15) is 0 Å². The summed E-state index contributed by atoms with van der Waals surface area (Å²) in [5.74, 6) is 0.217. The Hall–Kier alpha value is -0.800. The third-order valence-corrected chi connectivity index (χ3v) is 3.49. The predicted molar refractivity (Wildman–Crippen MR) is 70.9 cm³/mol. The first-order valence-electron chi connectivity index (χ1n) is 5.52. The van der Waals surface area contributed by atoms with Crippen LogP contribution in [-0.2, 0) is 6.42 Å². The Bertz CT molecular complexity index is 407. The molecule has 0 heterocycles. The normalized spacial score (nSPS) is 14.4. The van der Waals surface area contributed by atoms with Crippen molar-refractivity contribution in [2.45, 2.75) is 32.1 Å². The second-order valence-electron chi connectivity index (χ2n) is 4.08. The van der Waals surface area contributed by atoms with Crippen molar-refractivity contribution < 1.29 is 4.92 Å². The summed E-state index contributed by atoms with van der Waals surface area (Å²) < 4.78 is 0. The number of benzene rings is 1. The Labute approximate surface area is 111 Å². The van der Waals surface area contributed by atoms with E-state index in [1.54, 1.807) is 6.07 Å². The molecule has 0 saturated carbocycles. The summed E-state index contributed by atoms with van der Waals surface area (Å²) in [6.45, 7) is 3.94. The maximum Gasteiger partial charge on any atom is 0.272 e. The molecule has 0 spiro atoms. The lowest BCUT2D eigenvalue weighted by Crippen LogP contribution is -2.14. The Kier molecular flexibility index (Phi) is 5.22. The third-order valence-electron chi connectivity index (χ3n) is 2.89. The van der Waals surface area contributed by atoms with Crippen molar-refractivity contribution in [2.24, 2.45) is 5.92 Å². The Morgan fingerprint density at radius 1 is 1.47 bits per heavy atom. The minimum absolute atomic E-state index is 0.0152. The number of halogens is 2. The fourth-order valence-corrected chi connectivity index (χ4v) is 2.27. The number of nitro groups is 1. The fraction of sp³-hybridized carbons (Fsp3) is 0.500. The van der Waals surface area contributed by atoms with E-state index in [4.69, 9.17) is 23.2 Å². The van der Waals surface area contributed by atoms with Crippen molar-refractivity contribution in [3.63, 3.8) is 0 Å². The first-order valence-corrected chi connectivity index (χ1v) is 6.34. The van der Waals surface area contributed by atoms with Gasteiger partial charge in [0.05, 0.1) is 4.92 Å². The lowest BCUT2D eigenvalue weighted by Gasteiger charge is -2.17. The molecule has 0 radical (unpaired) electrons. The van der Waals surface area contributed by atoms with Crippen molar-refractivity contribution in [1.82, 2.24) is 0 Å². The molecule has 2 atom stereocenters. The summed E-state index contributed by atoms with van der Waals surface area (Å²) in [6, 6.07) is 4.64. The molecule has 1 aromatic rings. The topological polar surface area (TPSA) is 43.1 Å². The molecule has 2 unspecified atom stereocenters. The molecule has 0 bridgehead atoms. The Balaban J connectivity index is 3.03.